The fraction of sp³-hybridized carbons (Fsp3) is 0.286. The minimum Gasteiger partial charge on any atom is -0.496 e. The van der Waals surface area contributed by atoms with Crippen LogP contribution in [0.4, 0.5) is 5.95 Å². The van der Waals surface area contributed by atoms with Gasteiger partial charge in [0.15, 0.2) is 0 Å². The van der Waals surface area contributed by atoms with Gasteiger partial charge in [0.1, 0.15) is 5.75 Å². The van der Waals surface area contributed by atoms with Gasteiger partial charge in [0.05, 0.1) is 12.8 Å². The van der Waals surface area contributed by atoms with E-state index in [1.807, 2.05) is 18.2 Å². The van der Waals surface area contributed by atoms with Gasteiger partial charge in [-0.25, -0.2) is 9.97 Å². The van der Waals surface area contributed by atoms with Crippen LogP contribution in [0.15, 0.2) is 30.5 Å². The molecule has 18 heavy (non-hydrogen) atoms. The van der Waals surface area contributed by atoms with E-state index in [4.69, 9.17) is 10.5 Å². The van der Waals surface area contributed by atoms with Crippen LogP contribution in [0, 0.1) is 0 Å². The molecular formula is C14H17N3O. The average molecular weight is 243 g/mol. The zero-order valence-electron chi connectivity index (χ0n) is 10.8. The number of hydrogen-bond acceptors (Lipinski definition) is 4. The van der Waals surface area contributed by atoms with Gasteiger partial charge in [0, 0.05) is 11.8 Å². The lowest BCUT2D eigenvalue weighted by atomic mass is 9.98. The second kappa shape index (κ2) is 5.04. The lowest BCUT2D eigenvalue weighted by Gasteiger charge is -2.13. The van der Waals surface area contributed by atoms with Gasteiger partial charge in [-0.1, -0.05) is 13.8 Å². The lowest BCUT2D eigenvalue weighted by Crippen LogP contribution is -1.97. The van der Waals surface area contributed by atoms with Crippen molar-refractivity contribution < 1.29 is 4.74 Å². The fourth-order valence-electron chi connectivity index (χ4n) is 1.88. The predicted octanol–water partition coefficient (Wildman–Crippen LogP) is 2.86. The zero-order valence-corrected chi connectivity index (χ0v) is 10.8. The first-order valence-corrected chi connectivity index (χ1v) is 5.88. The van der Waals surface area contributed by atoms with E-state index in [0.717, 1.165) is 22.6 Å². The molecule has 0 atom stereocenters. The Morgan fingerprint density at radius 3 is 2.61 bits per heavy atom. The first-order valence-electron chi connectivity index (χ1n) is 5.88. The molecule has 0 amide bonds. The Morgan fingerprint density at radius 2 is 2.00 bits per heavy atom. The summed E-state index contributed by atoms with van der Waals surface area (Å²) >= 11 is 0. The number of nitrogens with two attached hydrogens (primary N) is 1. The highest BCUT2D eigenvalue weighted by Gasteiger charge is 2.10. The van der Waals surface area contributed by atoms with Crippen LogP contribution in [0.3, 0.4) is 0 Å². The molecule has 0 unspecified atom stereocenters. The normalized spacial score (nSPS) is 10.7. The summed E-state index contributed by atoms with van der Waals surface area (Å²) in [7, 11) is 1.68. The summed E-state index contributed by atoms with van der Waals surface area (Å²) in [6, 6.07) is 7.88. The zero-order chi connectivity index (χ0) is 13.1. The van der Waals surface area contributed by atoms with Crippen LogP contribution >= 0.6 is 0 Å². The second-order valence-corrected chi connectivity index (χ2v) is 4.41. The van der Waals surface area contributed by atoms with Crippen molar-refractivity contribution in [2.75, 3.05) is 12.8 Å². The third-order valence-electron chi connectivity index (χ3n) is 2.82. The Morgan fingerprint density at radius 1 is 1.22 bits per heavy atom. The maximum atomic E-state index is 5.60. The molecule has 1 aromatic carbocycles. The van der Waals surface area contributed by atoms with Gasteiger partial charge >= 0.3 is 0 Å². The molecule has 0 fully saturated rings. The van der Waals surface area contributed by atoms with E-state index in [1.165, 1.54) is 0 Å². The molecule has 2 aromatic rings. The molecule has 0 aliphatic rings. The van der Waals surface area contributed by atoms with Gasteiger partial charge in [-0.15, -0.1) is 0 Å². The molecule has 0 aliphatic carbocycles. The number of nitrogens with zero attached hydrogens (tertiary/aromatic N) is 2. The van der Waals surface area contributed by atoms with Gasteiger partial charge in [-0.05, 0) is 35.7 Å². The molecule has 0 aliphatic heterocycles. The number of aromatic nitrogens is 2. The van der Waals surface area contributed by atoms with Crippen molar-refractivity contribution in [1.29, 1.82) is 0 Å². The van der Waals surface area contributed by atoms with Crippen molar-refractivity contribution in [3.63, 3.8) is 0 Å². The molecule has 0 spiro atoms. The lowest BCUT2D eigenvalue weighted by molar-refractivity contribution is 0.407. The van der Waals surface area contributed by atoms with Crippen LogP contribution in [-0.4, -0.2) is 17.1 Å². The summed E-state index contributed by atoms with van der Waals surface area (Å²) < 4.78 is 5.36. The summed E-state index contributed by atoms with van der Waals surface area (Å²) in [6.45, 7) is 4.27. The standard InChI is InChI=1S/C14H17N3O/c1-9(2)11-8-10(4-5-13(11)18-3)12-6-7-16-14(15)17-12/h4-9H,1-3H3,(H2,15,16,17). The van der Waals surface area contributed by atoms with E-state index in [0.29, 0.717) is 5.92 Å². The predicted molar refractivity (Wildman–Crippen MR) is 72.5 cm³/mol. The fourth-order valence-corrected chi connectivity index (χ4v) is 1.88. The minimum absolute atomic E-state index is 0.286. The van der Waals surface area contributed by atoms with Gasteiger partial charge in [0.2, 0.25) is 5.95 Å². The van der Waals surface area contributed by atoms with Crippen LogP contribution in [0.25, 0.3) is 11.3 Å². The van der Waals surface area contributed by atoms with Crippen LogP contribution in [0.1, 0.15) is 25.3 Å². The summed E-state index contributed by atoms with van der Waals surface area (Å²) in [5, 5.41) is 0. The summed E-state index contributed by atoms with van der Waals surface area (Å²) in [6.07, 6.45) is 1.66. The number of rotatable bonds is 3. The van der Waals surface area contributed by atoms with E-state index in [2.05, 4.69) is 29.9 Å². The molecule has 1 aromatic heterocycles. The SMILES string of the molecule is COc1ccc(-c2ccnc(N)n2)cc1C(C)C. The smallest absolute Gasteiger partial charge is 0.220 e. The molecule has 0 saturated heterocycles. The number of anilines is 1. The average Bonchev–Trinajstić information content (AvgIpc) is 2.38. The van der Waals surface area contributed by atoms with Crippen LogP contribution < -0.4 is 10.5 Å². The monoisotopic (exact) mass is 243 g/mol. The highest BCUT2D eigenvalue weighted by Crippen LogP contribution is 2.30. The molecule has 1 heterocycles. The number of methoxy groups -OCH3 is 1. The Labute approximate surface area is 107 Å². The summed E-state index contributed by atoms with van der Waals surface area (Å²) in [5.74, 6) is 1.57. The Hall–Kier alpha value is -2.10. The molecule has 94 valence electrons. The van der Waals surface area contributed by atoms with E-state index in [9.17, 15) is 0 Å². The third kappa shape index (κ3) is 2.42. The number of benzene rings is 1. The molecule has 0 bridgehead atoms. The molecule has 2 rings (SSSR count). The number of nitrogen functional groups attached to an aromatic ring is 1. The van der Waals surface area contributed by atoms with Crippen molar-refractivity contribution in [3.8, 4) is 17.0 Å². The largest absolute Gasteiger partial charge is 0.496 e. The van der Waals surface area contributed by atoms with Crippen molar-refractivity contribution in [1.82, 2.24) is 9.97 Å². The van der Waals surface area contributed by atoms with Gasteiger partial charge in [-0.2, -0.15) is 0 Å². The van der Waals surface area contributed by atoms with E-state index >= 15 is 0 Å². The maximum Gasteiger partial charge on any atom is 0.220 e. The molecular weight excluding hydrogens is 226 g/mol. The quantitative estimate of drug-likeness (QED) is 0.900. The Balaban J connectivity index is 2.50. The summed E-state index contributed by atoms with van der Waals surface area (Å²) in [5.41, 5.74) is 8.61. The maximum absolute atomic E-state index is 5.60. The van der Waals surface area contributed by atoms with E-state index in [1.54, 1.807) is 13.3 Å². The Bertz CT molecular complexity index is 552. The highest BCUT2D eigenvalue weighted by atomic mass is 16.5. The van der Waals surface area contributed by atoms with Crippen molar-refractivity contribution in [2.45, 2.75) is 19.8 Å². The molecule has 2 N–H and O–H groups in total. The minimum atomic E-state index is 0.286. The highest BCUT2D eigenvalue weighted by molar-refractivity contribution is 5.63. The number of hydrogen-bond donors (Lipinski definition) is 1. The van der Waals surface area contributed by atoms with Crippen LogP contribution in [0.2, 0.25) is 0 Å². The first kappa shape index (κ1) is 12.4. The Kier molecular flexibility index (Phi) is 3.46. The number of ether oxygens (including phenoxy) is 1. The topological polar surface area (TPSA) is 61.0 Å². The van der Waals surface area contributed by atoms with Gasteiger partial charge < -0.3 is 10.5 Å². The van der Waals surface area contributed by atoms with Crippen LogP contribution in [-0.2, 0) is 0 Å². The van der Waals surface area contributed by atoms with E-state index in [-0.39, 0.29) is 5.95 Å². The first-order chi connectivity index (χ1) is 8.61. The van der Waals surface area contributed by atoms with Crippen molar-refractivity contribution in [2.24, 2.45) is 0 Å². The molecule has 4 nitrogen and oxygen atoms in total. The second-order valence-electron chi connectivity index (χ2n) is 4.41. The van der Waals surface area contributed by atoms with Crippen molar-refractivity contribution >= 4 is 5.95 Å². The molecule has 0 radical (unpaired) electrons. The third-order valence-corrected chi connectivity index (χ3v) is 2.82. The van der Waals surface area contributed by atoms with Gasteiger partial charge in [-0.3, -0.25) is 0 Å². The van der Waals surface area contributed by atoms with Gasteiger partial charge in [0.25, 0.3) is 0 Å². The van der Waals surface area contributed by atoms with Crippen LogP contribution in [0.5, 0.6) is 5.75 Å². The molecule has 0 saturated carbocycles. The van der Waals surface area contributed by atoms with E-state index < -0.39 is 0 Å². The molecule has 4 heteroatoms. The summed E-state index contributed by atoms with van der Waals surface area (Å²) in [4.78, 5) is 8.12. The van der Waals surface area contributed by atoms with Crippen molar-refractivity contribution in [3.05, 3.63) is 36.0 Å².